The molecule has 1 aromatic carbocycles. The smallest absolute Gasteiger partial charge is 0.220 e. The van der Waals surface area contributed by atoms with Gasteiger partial charge in [0.15, 0.2) is 15.6 Å². The highest BCUT2D eigenvalue weighted by molar-refractivity contribution is 7.91. The van der Waals surface area contributed by atoms with Gasteiger partial charge >= 0.3 is 0 Å². The van der Waals surface area contributed by atoms with E-state index in [4.69, 9.17) is 0 Å². The molecule has 0 aromatic heterocycles. The molecule has 1 atom stereocenters. The van der Waals surface area contributed by atoms with Gasteiger partial charge < -0.3 is 5.32 Å². The van der Waals surface area contributed by atoms with E-state index in [9.17, 15) is 18.0 Å². The van der Waals surface area contributed by atoms with E-state index in [0.717, 1.165) is 11.1 Å². The monoisotopic (exact) mass is 323 g/mol. The fraction of sp³-hybridized carbons (Fsp3) is 0.500. The number of carbonyl (C=O) groups excluding carboxylic acids is 2. The molecule has 2 rings (SSSR count). The standard InChI is InChI=1S/C16H21NO4S/c1-11-3-4-12(2)14(9-11)15(18)5-6-16(19)17-13-7-8-22(20,21)10-13/h3-4,9,13H,5-8,10H2,1-2H3,(H,17,19). The van der Waals surface area contributed by atoms with Crippen LogP contribution in [0, 0.1) is 13.8 Å². The first-order valence-electron chi connectivity index (χ1n) is 7.37. The molecular weight excluding hydrogens is 302 g/mol. The Hall–Kier alpha value is -1.69. The van der Waals surface area contributed by atoms with Gasteiger partial charge in [0.2, 0.25) is 5.91 Å². The summed E-state index contributed by atoms with van der Waals surface area (Å²) in [5.74, 6) is -0.195. The molecule has 1 aromatic rings. The van der Waals surface area contributed by atoms with Crippen LogP contribution in [0.15, 0.2) is 18.2 Å². The van der Waals surface area contributed by atoms with Gasteiger partial charge in [-0.25, -0.2) is 8.42 Å². The third kappa shape index (κ3) is 4.40. The molecule has 0 saturated carbocycles. The van der Waals surface area contributed by atoms with Crippen molar-refractivity contribution >= 4 is 21.5 Å². The van der Waals surface area contributed by atoms with Crippen molar-refractivity contribution in [2.45, 2.75) is 39.2 Å². The molecule has 1 N–H and O–H groups in total. The molecule has 1 aliphatic rings. The summed E-state index contributed by atoms with van der Waals surface area (Å²) in [4.78, 5) is 24.0. The Morgan fingerprint density at radius 3 is 2.59 bits per heavy atom. The Balaban J connectivity index is 1.86. The van der Waals surface area contributed by atoms with Gasteiger partial charge in [-0.1, -0.05) is 17.7 Å². The van der Waals surface area contributed by atoms with Crippen molar-refractivity contribution in [1.29, 1.82) is 0 Å². The lowest BCUT2D eigenvalue weighted by molar-refractivity contribution is -0.121. The Morgan fingerprint density at radius 1 is 1.23 bits per heavy atom. The Bertz CT molecular complexity index is 694. The molecule has 0 aliphatic carbocycles. The molecule has 0 spiro atoms. The van der Waals surface area contributed by atoms with E-state index in [1.54, 1.807) is 0 Å². The van der Waals surface area contributed by atoms with E-state index in [1.165, 1.54) is 0 Å². The highest BCUT2D eigenvalue weighted by Crippen LogP contribution is 2.15. The molecular formula is C16H21NO4S. The maximum atomic E-state index is 12.2. The van der Waals surface area contributed by atoms with Crippen LogP contribution < -0.4 is 5.32 Å². The number of hydrogen-bond acceptors (Lipinski definition) is 4. The van der Waals surface area contributed by atoms with Crippen molar-refractivity contribution in [3.05, 3.63) is 34.9 Å². The highest BCUT2D eigenvalue weighted by atomic mass is 32.2. The van der Waals surface area contributed by atoms with Gasteiger partial charge in [0.05, 0.1) is 11.5 Å². The summed E-state index contributed by atoms with van der Waals surface area (Å²) >= 11 is 0. The maximum Gasteiger partial charge on any atom is 0.220 e. The number of benzene rings is 1. The van der Waals surface area contributed by atoms with Crippen LogP contribution in [0.4, 0.5) is 0 Å². The van der Waals surface area contributed by atoms with Crippen LogP contribution in [0.5, 0.6) is 0 Å². The van der Waals surface area contributed by atoms with Crippen molar-refractivity contribution in [3.63, 3.8) is 0 Å². The second kappa shape index (κ2) is 6.60. The minimum absolute atomic E-state index is 0.00365. The van der Waals surface area contributed by atoms with Crippen LogP contribution in [-0.2, 0) is 14.6 Å². The fourth-order valence-corrected chi connectivity index (χ4v) is 4.28. The Kier molecular flexibility index (Phi) is 5.01. The first-order valence-corrected chi connectivity index (χ1v) is 9.19. The van der Waals surface area contributed by atoms with Gasteiger partial charge in [0.25, 0.3) is 0 Å². The first-order chi connectivity index (χ1) is 10.3. The first kappa shape index (κ1) is 16.7. The molecule has 0 bridgehead atoms. The number of rotatable bonds is 5. The van der Waals surface area contributed by atoms with Crippen LogP contribution in [0.25, 0.3) is 0 Å². The Morgan fingerprint density at radius 2 is 1.95 bits per heavy atom. The lowest BCUT2D eigenvalue weighted by Gasteiger charge is -2.11. The molecule has 1 saturated heterocycles. The second-order valence-electron chi connectivity index (χ2n) is 5.91. The van der Waals surface area contributed by atoms with Crippen LogP contribution in [0.2, 0.25) is 0 Å². The minimum atomic E-state index is -3.01. The van der Waals surface area contributed by atoms with Crippen LogP contribution in [0.1, 0.15) is 40.7 Å². The molecule has 6 heteroatoms. The van der Waals surface area contributed by atoms with E-state index in [2.05, 4.69) is 5.32 Å². The summed E-state index contributed by atoms with van der Waals surface area (Å²) < 4.78 is 22.7. The SMILES string of the molecule is Cc1ccc(C)c(C(=O)CCC(=O)NC2CCS(=O)(=O)C2)c1. The number of aryl methyl sites for hydroxylation is 2. The van der Waals surface area contributed by atoms with E-state index < -0.39 is 9.84 Å². The third-order valence-electron chi connectivity index (χ3n) is 3.87. The molecule has 1 aliphatic heterocycles. The number of sulfone groups is 1. The number of nitrogens with one attached hydrogen (secondary N) is 1. The van der Waals surface area contributed by atoms with E-state index in [1.807, 2.05) is 32.0 Å². The highest BCUT2D eigenvalue weighted by Gasteiger charge is 2.28. The van der Waals surface area contributed by atoms with Crippen molar-refractivity contribution in [2.24, 2.45) is 0 Å². The van der Waals surface area contributed by atoms with E-state index >= 15 is 0 Å². The predicted octanol–water partition coefficient (Wildman–Crippen LogP) is 1.57. The minimum Gasteiger partial charge on any atom is -0.352 e. The van der Waals surface area contributed by atoms with Gasteiger partial charge in [-0.15, -0.1) is 0 Å². The fourth-order valence-electron chi connectivity index (χ4n) is 2.61. The molecule has 1 amide bonds. The van der Waals surface area contributed by atoms with Crippen LogP contribution >= 0.6 is 0 Å². The summed E-state index contributed by atoms with van der Waals surface area (Å²) in [5.41, 5.74) is 2.56. The normalized spacial score (nSPS) is 19.8. The van der Waals surface area contributed by atoms with Crippen molar-refractivity contribution < 1.29 is 18.0 Å². The summed E-state index contributed by atoms with van der Waals surface area (Å²) in [6, 6.07) is 5.36. The quantitative estimate of drug-likeness (QED) is 0.834. The number of hydrogen-bond donors (Lipinski definition) is 1. The third-order valence-corrected chi connectivity index (χ3v) is 5.64. The molecule has 1 unspecified atom stereocenters. The molecule has 22 heavy (non-hydrogen) atoms. The molecule has 1 heterocycles. The van der Waals surface area contributed by atoms with E-state index in [0.29, 0.717) is 12.0 Å². The average molecular weight is 323 g/mol. The second-order valence-corrected chi connectivity index (χ2v) is 8.14. The van der Waals surface area contributed by atoms with Gasteiger partial charge in [-0.2, -0.15) is 0 Å². The van der Waals surface area contributed by atoms with Gasteiger partial charge in [0.1, 0.15) is 0 Å². The van der Waals surface area contributed by atoms with Gasteiger partial charge in [-0.3, -0.25) is 9.59 Å². The van der Waals surface area contributed by atoms with Crippen LogP contribution in [0.3, 0.4) is 0 Å². The molecule has 1 fully saturated rings. The van der Waals surface area contributed by atoms with Crippen molar-refractivity contribution in [2.75, 3.05) is 11.5 Å². The zero-order chi connectivity index (χ0) is 16.3. The molecule has 0 radical (unpaired) electrons. The average Bonchev–Trinajstić information content (AvgIpc) is 2.78. The topological polar surface area (TPSA) is 80.3 Å². The number of ketones is 1. The van der Waals surface area contributed by atoms with Gasteiger partial charge in [0, 0.05) is 24.4 Å². The summed E-state index contributed by atoms with van der Waals surface area (Å²) in [6.45, 7) is 3.79. The molecule has 5 nitrogen and oxygen atoms in total. The zero-order valence-electron chi connectivity index (χ0n) is 12.9. The van der Waals surface area contributed by atoms with Gasteiger partial charge in [-0.05, 0) is 31.9 Å². The summed E-state index contributed by atoms with van der Waals surface area (Å²) in [5, 5.41) is 2.70. The lowest BCUT2D eigenvalue weighted by atomic mass is 9.99. The summed E-state index contributed by atoms with van der Waals surface area (Å²) in [6.07, 6.45) is 0.678. The number of carbonyl (C=O) groups is 2. The predicted molar refractivity (Wildman–Crippen MR) is 84.7 cm³/mol. The largest absolute Gasteiger partial charge is 0.352 e. The molecule has 120 valence electrons. The Labute approximate surface area is 131 Å². The van der Waals surface area contributed by atoms with Crippen molar-refractivity contribution in [3.8, 4) is 0 Å². The maximum absolute atomic E-state index is 12.2. The zero-order valence-corrected chi connectivity index (χ0v) is 13.7. The number of Topliss-reactive ketones (excluding diaryl/α,β-unsaturated/α-hetero) is 1. The summed E-state index contributed by atoms with van der Waals surface area (Å²) in [7, 11) is -3.01. The number of amides is 1. The van der Waals surface area contributed by atoms with Crippen molar-refractivity contribution in [1.82, 2.24) is 5.32 Å². The lowest BCUT2D eigenvalue weighted by Crippen LogP contribution is -2.35. The van der Waals surface area contributed by atoms with Crippen LogP contribution in [-0.4, -0.2) is 37.7 Å². The van der Waals surface area contributed by atoms with E-state index in [-0.39, 0.29) is 42.1 Å².